The van der Waals surface area contributed by atoms with Crippen molar-refractivity contribution in [2.75, 3.05) is 13.1 Å². The topological polar surface area (TPSA) is 58.6 Å². The number of hydrogen-bond donors (Lipinski definition) is 1. The second-order valence-corrected chi connectivity index (χ2v) is 5.12. The third-order valence-corrected chi connectivity index (χ3v) is 3.51. The SMILES string of the molecule is CC(C)N1CC(CNC(=O)C2CCC2)OC1=O. The first-order valence-corrected chi connectivity index (χ1v) is 6.33. The number of carbonyl (C=O) groups is 2. The first kappa shape index (κ1) is 12.2. The van der Waals surface area contributed by atoms with Gasteiger partial charge in [-0.25, -0.2) is 4.79 Å². The van der Waals surface area contributed by atoms with Gasteiger partial charge in [0.25, 0.3) is 0 Å². The zero-order valence-electron chi connectivity index (χ0n) is 10.4. The van der Waals surface area contributed by atoms with Crippen molar-refractivity contribution in [1.29, 1.82) is 0 Å². The van der Waals surface area contributed by atoms with Crippen molar-refractivity contribution in [2.45, 2.75) is 45.3 Å². The first-order valence-electron chi connectivity index (χ1n) is 6.33. The summed E-state index contributed by atoms with van der Waals surface area (Å²) in [6.45, 7) is 4.92. The van der Waals surface area contributed by atoms with Crippen molar-refractivity contribution in [2.24, 2.45) is 5.92 Å². The van der Waals surface area contributed by atoms with Gasteiger partial charge in [0, 0.05) is 12.0 Å². The summed E-state index contributed by atoms with van der Waals surface area (Å²) >= 11 is 0. The van der Waals surface area contributed by atoms with Gasteiger partial charge in [-0.1, -0.05) is 6.42 Å². The predicted octanol–water partition coefficient (Wildman–Crippen LogP) is 1.13. The maximum atomic E-state index is 11.6. The van der Waals surface area contributed by atoms with Crippen molar-refractivity contribution >= 4 is 12.0 Å². The van der Waals surface area contributed by atoms with Crippen LogP contribution >= 0.6 is 0 Å². The van der Waals surface area contributed by atoms with Crippen LogP contribution in [0.5, 0.6) is 0 Å². The molecule has 1 N–H and O–H groups in total. The molecule has 5 nitrogen and oxygen atoms in total. The molecular weight excluding hydrogens is 220 g/mol. The lowest BCUT2D eigenvalue weighted by Gasteiger charge is -2.24. The number of amides is 2. The fraction of sp³-hybridized carbons (Fsp3) is 0.833. The molecule has 1 atom stereocenters. The Bertz CT molecular complexity index is 313. The second kappa shape index (κ2) is 4.94. The van der Waals surface area contributed by atoms with Crippen LogP contribution in [0.4, 0.5) is 4.79 Å². The lowest BCUT2D eigenvalue weighted by atomic mass is 9.85. The van der Waals surface area contributed by atoms with Crippen LogP contribution in [-0.4, -0.2) is 42.1 Å². The predicted molar refractivity (Wildman–Crippen MR) is 62.5 cm³/mol. The molecule has 17 heavy (non-hydrogen) atoms. The summed E-state index contributed by atoms with van der Waals surface area (Å²) in [6, 6.07) is 0.148. The number of hydrogen-bond acceptors (Lipinski definition) is 3. The Kier molecular flexibility index (Phi) is 3.54. The molecule has 0 radical (unpaired) electrons. The number of ether oxygens (including phenoxy) is 1. The molecule has 2 rings (SSSR count). The fourth-order valence-electron chi connectivity index (χ4n) is 2.10. The normalized spacial score (nSPS) is 24.8. The van der Waals surface area contributed by atoms with Gasteiger partial charge in [-0.15, -0.1) is 0 Å². The molecule has 2 aliphatic rings. The monoisotopic (exact) mass is 240 g/mol. The van der Waals surface area contributed by atoms with E-state index in [2.05, 4.69) is 5.32 Å². The Labute approximate surface area is 101 Å². The van der Waals surface area contributed by atoms with E-state index in [0.717, 1.165) is 19.3 Å². The van der Waals surface area contributed by atoms with Crippen LogP contribution in [-0.2, 0) is 9.53 Å². The number of carbonyl (C=O) groups excluding carboxylic acids is 2. The van der Waals surface area contributed by atoms with Crippen LogP contribution in [0.3, 0.4) is 0 Å². The van der Waals surface area contributed by atoms with Crippen molar-refractivity contribution in [3.8, 4) is 0 Å². The van der Waals surface area contributed by atoms with Crippen LogP contribution in [0.1, 0.15) is 33.1 Å². The number of nitrogens with one attached hydrogen (secondary N) is 1. The highest BCUT2D eigenvalue weighted by Crippen LogP contribution is 2.26. The summed E-state index contributed by atoms with van der Waals surface area (Å²) in [5.74, 6) is 0.295. The van der Waals surface area contributed by atoms with Crippen LogP contribution < -0.4 is 5.32 Å². The van der Waals surface area contributed by atoms with Crippen molar-refractivity contribution < 1.29 is 14.3 Å². The minimum Gasteiger partial charge on any atom is -0.442 e. The molecule has 1 heterocycles. The molecule has 96 valence electrons. The maximum absolute atomic E-state index is 11.6. The maximum Gasteiger partial charge on any atom is 0.410 e. The molecule has 1 aliphatic heterocycles. The van der Waals surface area contributed by atoms with E-state index in [0.29, 0.717) is 13.1 Å². The van der Waals surface area contributed by atoms with Crippen molar-refractivity contribution in [1.82, 2.24) is 10.2 Å². The smallest absolute Gasteiger partial charge is 0.410 e. The van der Waals surface area contributed by atoms with Gasteiger partial charge < -0.3 is 15.0 Å². The summed E-state index contributed by atoms with van der Waals surface area (Å²) in [6.07, 6.45) is 2.66. The minimum atomic E-state index is -0.275. The molecule has 1 saturated heterocycles. The van der Waals surface area contributed by atoms with E-state index < -0.39 is 0 Å². The summed E-state index contributed by atoms with van der Waals surface area (Å²) in [4.78, 5) is 24.8. The second-order valence-electron chi connectivity index (χ2n) is 5.12. The van der Waals surface area contributed by atoms with E-state index in [1.807, 2.05) is 13.8 Å². The van der Waals surface area contributed by atoms with Crippen molar-refractivity contribution in [3.05, 3.63) is 0 Å². The number of nitrogens with zero attached hydrogens (tertiary/aromatic N) is 1. The molecule has 0 aromatic rings. The standard InChI is InChI=1S/C12H20N2O3/c1-8(2)14-7-10(17-12(14)16)6-13-11(15)9-4-3-5-9/h8-10H,3-7H2,1-2H3,(H,13,15). The van der Waals surface area contributed by atoms with Gasteiger partial charge in [0.05, 0.1) is 13.1 Å². The van der Waals surface area contributed by atoms with E-state index in [4.69, 9.17) is 4.74 Å². The lowest BCUT2D eigenvalue weighted by molar-refractivity contribution is -0.127. The highest BCUT2D eigenvalue weighted by atomic mass is 16.6. The lowest BCUT2D eigenvalue weighted by Crippen LogP contribution is -2.40. The average Bonchev–Trinajstić information content (AvgIpc) is 2.54. The minimum absolute atomic E-state index is 0.107. The van der Waals surface area contributed by atoms with E-state index in [9.17, 15) is 9.59 Å². The Hall–Kier alpha value is -1.26. The van der Waals surface area contributed by atoms with Crippen LogP contribution in [0.2, 0.25) is 0 Å². The first-order chi connectivity index (χ1) is 8.08. The Balaban J connectivity index is 1.73. The van der Waals surface area contributed by atoms with Crippen LogP contribution in [0.25, 0.3) is 0 Å². The fourth-order valence-corrected chi connectivity index (χ4v) is 2.10. The van der Waals surface area contributed by atoms with Gasteiger partial charge in [-0.05, 0) is 26.7 Å². The molecule has 1 unspecified atom stereocenters. The Morgan fingerprint density at radius 3 is 2.71 bits per heavy atom. The Morgan fingerprint density at radius 1 is 1.53 bits per heavy atom. The van der Waals surface area contributed by atoms with Crippen LogP contribution in [0.15, 0.2) is 0 Å². The average molecular weight is 240 g/mol. The highest BCUT2D eigenvalue weighted by molar-refractivity contribution is 5.79. The molecule has 1 saturated carbocycles. The molecule has 0 spiro atoms. The quantitative estimate of drug-likeness (QED) is 0.801. The largest absolute Gasteiger partial charge is 0.442 e. The molecule has 2 fully saturated rings. The molecule has 2 amide bonds. The van der Waals surface area contributed by atoms with Crippen molar-refractivity contribution in [3.63, 3.8) is 0 Å². The number of cyclic esters (lactones) is 1. The van der Waals surface area contributed by atoms with E-state index in [1.54, 1.807) is 4.90 Å². The zero-order chi connectivity index (χ0) is 12.4. The molecule has 0 bridgehead atoms. The van der Waals surface area contributed by atoms with Gasteiger partial charge in [-0.2, -0.15) is 0 Å². The van der Waals surface area contributed by atoms with Gasteiger partial charge in [0.1, 0.15) is 6.10 Å². The summed E-state index contributed by atoms with van der Waals surface area (Å²) in [5, 5.41) is 2.86. The molecule has 0 aromatic heterocycles. The third-order valence-electron chi connectivity index (χ3n) is 3.51. The zero-order valence-corrected chi connectivity index (χ0v) is 10.4. The highest BCUT2D eigenvalue weighted by Gasteiger charge is 2.33. The molecular formula is C12H20N2O3. The number of rotatable bonds is 4. The molecule has 1 aliphatic carbocycles. The van der Waals surface area contributed by atoms with Crippen LogP contribution in [0, 0.1) is 5.92 Å². The van der Waals surface area contributed by atoms with Gasteiger partial charge >= 0.3 is 6.09 Å². The summed E-state index contributed by atoms with van der Waals surface area (Å²) in [5.41, 5.74) is 0. The molecule has 0 aromatic carbocycles. The Morgan fingerprint density at radius 2 is 2.24 bits per heavy atom. The summed E-state index contributed by atoms with van der Waals surface area (Å²) < 4.78 is 5.19. The van der Waals surface area contributed by atoms with Gasteiger partial charge in [-0.3, -0.25) is 4.79 Å². The third kappa shape index (κ3) is 2.70. The molecule has 5 heteroatoms. The summed E-state index contributed by atoms with van der Waals surface area (Å²) in [7, 11) is 0. The van der Waals surface area contributed by atoms with E-state index >= 15 is 0 Å². The van der Waals surface area contributed by atoms with Gasteiger partial charge in [0.2, 0.25) is 5.91 Å². The van der Waals surface area contributed by atoms with E-state index in [1.165, 1.54) is 0 Å². The van der Waals surface area contributed by atoms with Gasteiger partial charge in [0.15, 0.2) is 0 Å². The van der Waals surface area contributed by atoms with E-state index in [-0.39, 0.29) is 30.1 Å².